The van der Waals surface area contributed by atoms with Crippen molar-refractivity contribution in [3.63, 3.8) is 0 Å². The molecule has 1 heterocycles. The molecule has 0 aliphatic rings. The van der Waals surface area contributed by atoms with E-state index in [1.165, 1.54) is 7.11 Å². The van der Waals surface area contributed by atoms with Crippen LogP contribution in [0.2, 0.25) is 0 Å². The number of esters is 1. The Kier molecular flexibility index (Phi) is 4.22. The summed E-state index contributed by atoms with van der Waals surface area (Å²) < 4.78 is 4.52. The highest BCUT2D eigenvalue weighted by molar-refractivity contribution is 5.69. The molecule has 0 atom stereocenters. The zero-order chi connectivity index (χ0) is 12.1. The fraction of sp³-hybridized carbons (Fsp3) is 0.545. The van der Waals surface area contributed by atoms with Gasteiger partial charge < -0.3 is 9.72 Å². The zero-order valence-electron chi connectivity index (χ0n) is 9.79. The van der Waals surface area contributed by atoms with Crippen molar-refractivity contribution in [1.29, 1.82) is 0 Å². The summed E-state index contributed by atoms with van der Waals surface area (Å²) in [5.74, 6) is 0.350. The van der Waals surface area contributed by atoms with Crippen LogP contribution in [0.1, 0.15) is 30.4 Å². The molecule has 0 aliphatic heterocycles. The second-order valence-electron chi connectivity index (χ2n) is 3.51. The highest BCUT2D eigenvalue weighted by atomic mass is 16.5. The van der Waals surface area contributed by atoms with Gasteiger partial charge in [-0.2, -0.15) is 0 Å². The number of aryl methyl sites for hydroxylation is 2. The van der Waals surface area contributed by atoms with Crippen molar-refractivity contribution in [3.05, 3.63) is 27.4 Å². The van der Waals surface area contributed by atoms with E-state index in [0.717, 1.165) is 0 Å². The van der Waals surface area contributed by atoms with E-state index in [-0.39, 0.29) is 17.9 Å². The van der Waals surface area contributed by atoms with Crippen LogP contribution < -0.4 is 5.56 Å². The number of hydrogen-bond acceptors (Lipinski definition) is 4. The molecule has 0 saturated carbocycles. The first-order valence-electron chi connectivity index (χ1n) is 5.24. The molecule has 88 valence electrons. The molecule has 0 bridgehead atoms. The molecule has 1 aromatic rings. The molecule has 5 nitrogen and oxygen atoms in total. The minimum Gasteiger partial charge on any atom is -0.469 e. The van der Waals surface area contributed by atoms with Gasteiger partial charge in [-0.15, -0.1) is 0 Å². The largest absolute Gasteiger partial charge is 0.469 e. The maximum absolute atomic E-state index is 11.7. The Balaban J connectivity index is 2.89. The second-order valence-corrected chi connectivity index (χ2v) is 3.51. The Morgan fingerprint density at radius 2 is 2.19 bits per heavy atom. The monoisotopic (exact) mass is 224 g/mol. The van der Waals surface area contributed by atoms with E-state index < -0.39 is 0 Å². The van der Waals surface area contributed by atoms with Gasteiger partial charge in [0.2, 0.25) is 0 Å². The summed E-state index contributed by atoms with van der Waals surface area (Å²) in [6.07, 6.45) is 1.26. The predicted molar refractivity (Wildman–Crippen MR) is 59.3 cm³/mol. The van der Waals surface area contributed by atoms with Gasteiger partial charge in [-0.05, 0) is 13.3 Å². The lowest BCUT2D eigenvalue weighted by molar-refractivity contribution is -0.140. The second kappa shape index (κ2) is 5.44. The molecule has 0 saturated heterocycles. The normalized spacial score (nSPS) is 10.2. The summed E-state index contributed by atoms with van der Waals surface area (Å²) in [6.45, 7) is 3.70. The Morgan fingerprint density at radius 3 is 2.69 bits per heavy atom. The van der Waals surface area contributed by atoms with Crippen molar-refractivity contribution >= 4 is 5.97 Å². The van der Waals surface area contributed by atoms with E-state index in [9.17, 15) is 9.59 Å². The molecule has 0 fully saturated rings. The van der Waals surface area contributed by atoms with Crippen LogP contribution in [0, 0.1) is 6.92 Å². The van der Waals surface area contributed by atoms with Crippen LogP contribution in [0.3, 0.4) is 0 Å². The van der Waals surface area contributed by atoms with Crippen LogP contribution >= 0.6 is 0 Å². The summed E-state index contributed by atoms with van der Waals surface area (Å²) in [5.41, 5.74) is 1.08. The molecule has 0 spiro atoms. The van der Waals surface area contributed by atoms with Gasteiger partial charge in [0.25, 0.3) is 5.56 Å². The molecule has 16 heavy (non-hydrogen) atoms. The molecule has 0 aromatic carbocycles. The number of nitrogens with zero attached hydrogens (tertiary/aromatic N) is 1. The lowest BCUT2D eigenvalue weighted by Crippen LogP contribution is -2.19. The van der Waals surface area contributed by atoms with E-state index >= 15 is 0 Å². The molecular formula is C11H16N2O3. The molecule has 0 unspecified atom stereocenters. The first kappa shape index (κ1) is 12.4. The fourth-order valence-electron chi connectivity index (χ4n) is 1.46. The highest BCUT2D eigenvalue weighted by Crippen LogP contribution is 2.03. The lowest BCUT2D eigenvalue weighted by Gasteiger charge is -2.05. The average Bonchev–Trinajstić information content (AvgIpc) is 2.27. The molecule has 0 radical (unpaired) electrons. The number of H-pyrrole nitrogens is 1. The number of carbonyl (C=O) groups is 1. The van der Waals surface area contributed by atoms with Gasteiger partial charge >= 0.3 is 5.97 Å². The summed E-state index contributed by atoms with van der Waals surface area (Å²) >= 11 is 0. The Bertz CT molecular complexity index is 437. The first-order chi connectivity index (χ1) is 7.58. The molecule has 0 aliphatic carbocycles. The summed E-state index contributed by atoms with van der Waals surface area (Å²) in [7, 11) is 1.33. The van der Waals surface area contributed by atoms with E-state index in [4.69, 9.17) is 0 Å². The van der Waals surface area contributed by atoms with Gasteiger partial charge in [-0.1, -0.05) is 6.92 Å². The van der Waals surface area contributed by atoms with Crippen LogP contribution in [0.15, 0.2) is 4.79 Å². The number of hydrogen-bond donors (Lipinski definition) is 1. The van der Waals surface area contributed by atoms with E-state index in [0.29, 0.717) is 29.9 Å². The van der Waals surface area contributed by atoms with Gasteiger partial charge in [-0.25, -0.2) is 4.98 Å². The maximum Gasteiger partial charge on any atom is 0.305 e. The molecule has 1 aromatic heterocycles. The van der Waals surface area contributed by atoms with Crippen molar-refractivity contribution in [1.82, 2.24) is 9.97 Å². The van der Waals surface area contributed by atoms with Gasteiger partial charge in [0, 0.05) is 24.1 Å². The topological polar surface area (TPSA) is 72.0 Å². The number of methoxy groups -OCH3 is 1. The number of aromatic amines is 1. The third-order valence-electron chi connectivity index (χ3n) is 2.41. The number of aromatic nitrogens is 2. The Morgan fingerprint density at radius 1 is 1.50 bits per heavy atom. The fourth-order valence-corrected chi connectivity index (χ4v) is 1.46. The van der Waals surface area contributed by atoms with Crippen molar-refractivity contribution < 1.29 is 9.53 Å². The molecule has 1 rings (SSSR count). The van der Waals surface area contributed by atoms with Crippen LogP contribution in [-0.4, -0.2) is 23.0 Å². The van der Waals surface area contributed by atoms with Crippen LogP contribution in [0.25, 0.3) is 0 Å². The smallest absolute Gasteiger partial charge is 0.305 e. The summed E-state index contributed by atoms with van der Waals surface area (Å²) in [4.78, 5) is 29.6. The van der Waals surface area contributed by atoms with Gasteiger partial charge in [0.1, 0.15) is 5.82 Å². The molecule has 0 amide bonds. The van der Waals surface area contributed by atoms with Crippen LogP contribution in [-0.2, 0) is 22.4 Å². The zero-order valence-corrected chi connectivity index (χ0v) is 9.79. The minimum atomic E-state index is -0.321. The van der Waals surface area contributed by atoms with Crippen LogP contribution in [0.4, 0.5) is 0 Å². The van der Waals surface area contributed by atoms with Crippen molar-refractivity contribution in [2.75, 3.05) is 7.11 Å². The SMILES string of the molecule is CCc1nc(C)c(CCC(=O)OC)c(=O)[nH]1. The van der Waals surface area contributed by atoms with Crippen molar-refractivity contribution in [3.8, 4) is 0 Å². The van der Waals surface area contributed by atoms with Crippen LogP contribution in [0.5, 0.6) is 0 Å². The third-order valence-corrected chi connectivity index (χ3v) is 2.41. The van der Waals surface area contributed by atoms with E-state index in [2.05, 4.69) is 14.7 Å². The number of rotatable bonds is 4. The third kappa shape index (κ3) is 2.92. The predicted octanol–water partition coefficient (Wildman–Crippen LogP) is 0.746. The average molecular weight is 224 g/mol. The number of ether oxygens (including phenoxy) is 1. The molecular weight excluding hydrogens is 208 g/mol. The molecule has 5 heteroatoms. The lowest BCUT2D eigenvalue weighted by atomic mass is 10.1. The van der Waals surface area contributed by atoms with Gasteiger partial charge in [-0.3, -0.25) is 9.59 Å². The van der Waals surface area contributed by atoms with E-state index in [1.54, 1.807) is 6.92 Å². The minimum absolute atomic E-state index is 0.159. The maximum atomic E-state index is 11.7. The van der Waals surface area contributed by atoms with Crippen molar-refractivity contribution in [2.24, 2.45) is 0 Å². The van der Waals surface area contributed by atoms with Gasteiger partial charge in [0.05, 0.1) is 7.11 Å². The quantitative estimate of drug-likeness (QED) is 0.766. The summed E-state index contributed by atoms with van der Waals surface area (Å²) in [6, 6.07) is 0. The Labute approximate surface area is 93.9 Å². The highest BCUT2D eigenvalue weighted by Gasteiger charge is 2.09. The van der Waals surface area contributed by atoms with Crippen molar-refractivity contribution in [2.45, 2.75) is 33.1 Å². The standard InChI is InChI=1S/C11H16N2O3/c1-4-9-12-7(2)8(11(15)13-9)5-6-10(14)16-3/h4-6H2,1-3H3,(H,12,13,15). The first-order valence-corrected chi connectivity index (χ1v) is 5.24. The molecule has 1 N–H and O–H groups in total. The summed E-state index contributed by atoms with van der Waals surface area (Å²) in [5, 5.41) is 0. The van der Waals surface area contributed by atoms with Gasteiger partial charge in [0.15, 0.2) is 0 Å². The number of carbonyl (C=O) groups excluding carboxylic acids is 1. The number of nitrogens with one attached hydrogen (secondary N) is 1. The van der Waals surface area contributed by atoms with E-state index in [1.807, 2.05) is 6.92 Å². The Hall–Kier alpha value is -1.65.